The van der Waals surface area contributed by atoms with E-state index in [9.17, 15) is 29.4 Å². The molecule has 3 saturated carbocycles. The summed E-state index contributed by atoms with van der Waals surface area (Å²) in [6, 6.07) is 0. The molecule has 0 heterocycles. The molecule has 0 spiro atoms. The zero-order valence-electron chi connectivity index (χ0n) is 19.5. The van der Waals surface area contributed by atoms with Crippen LogP contribution in [0.2, 0.25) is 0 Å². The normalized spacial score (nSPS) is 43.6. The summed E-state index contributed by atoms with van der Waals surface area (Å²) in [6.07, 6.45) is 4.86. The predicted octanol–water partition coefficient (Wildman–Crippen LogP) is 1.67. The topological polar surface area (TPSA) is 127 Å². The van der Waals surface area contributed by atoms with Crippen LogP contribution in [0.1, 0.15) is 53.4 Å². The standard InChI is InChI=1S/C25H32O8/c1-13(26)32-12-20(30)25(31)21(33-14(2)27)10-18-17-6-5-15-9-16(28)7-8-23(15,3)22(17)19(29)11-24(18,25)4/h7-9,17-19,21-22,29,31H,5-6,10-12H2,1-4H3/t17-,18-,19+,21+,22+,23+,24-,25+/m1/s1. The number of carbonyl (C=O) groups is 4. The summed E-state index contributed by atoms with van der Waals surface area (Å²) in [7, 11) is 0. The Bertz CT molecular complexity index is 965. The van der Waals surface area contributed by atoms with E-state index in [4.69, 9.17) is 9.47 Å². The van der Waals surface area contributed by atoms with Crippen LogP contribution in [0.3, 0.4) is 0 Å². The average Bonchev–Trinajstić information content (AvgIpc) is 2.94. The lowest BCUT2D eigenvalue weighted by Gasteiger charge is -2.59. The number of aliphatic hydroxyl groups is 2. The van der Waals surface area contributed by atoms with Gasteiger partial charge in [-0.2, -0.15) is 0 Å². The highest BCUT2D eigenvalue weighted by Gasteiger charge is 2.72. The van der Waals surface area contributed by atoms with Gasteiger partial charge in [-0.1, -0.05) is 25.5 Å². The van der Waals surface area contributed by atoms with Gasteiger partial charge in [-0.3, -0.25) is 19.2 Å². The maximum Gasteiger partial charge on any atom is 0.303 e. The highest BCUT2D eigenvalue weighted by atomic mass is 16.6. The summed E-state index contributed by atoms with van der Waals surface area (Å²) in [5.41, 5.74) is -2.69. The maximum absolute atomic E-state index is 13.3. The molecule has 0 unspecified atom stereocenters. The number of carbonyl (C=O) groups excluding carboxylic acids is 4. The number of ketones is 2. The molecule has 0 saturated heterocycles. The summed E-state index contributed by atoms with van der Waals surface area (Å²) in [5.74, 6) is -2.55. The Morgan fingerprint density at radius 2 is 1.88 bits per heavy atom. The molecule has 8 atom stereocenters. The van der Waals surface area contributed by atoms with Crippen LogP contribution in [0, 0.1) is 28.6 Å². The van der Waals surface area contributed by atoms with Crippen molar-refractivity contribution in [2.45, 2.75) is 71.2 Å². The molecule has 180 valence electrons. The number of Topliss-reactive ketones (excluding diaryl/α,β-unsaturated/α-hetero) is 1. The molecule has 8 heteroatoms. The van der Waals surface area contributed by atoms with Gasteiger partial charge in [0.2, 0.25) is 5.78 Å². The van der Waals surface area contributed by atoms with Crippen molar-refractivity contribution in [3.63, 3.8) is 0 Å². The van der Waals surface area contributed by atoms with E-state index in [1.807, 2.05) is 13.0 Å². The molecule has 0 aromatic rings. The quantitative estimate of drug-likeness (QED) is 0.607. The number of fused-ring (bicyclic) bond motifs is 5. The fraction of sp³-hybridized carbons (Fsp3) is 0.680. The molecular weight excluding hydrogens is 428 g/mol. The Labute approximate surface area is 193 Å². The van der Waals surface area contributed by atoms with E-state index in [0.717, 1.165) is 5.57 Å². The zero-order valence-corrected chi connectivity index (χ0v) is 19.5. The lowest BCUT2D eigenvalue weighted by Crippen LogP contribution is -2.64. The van der Waals surface area contributed by atoms with Gasteiger partial charge in [0.15, 0.2) is 18.0 Å². The molecule has 0 amide bonds. The summed E-state index contributed by atoms with van der Waals surface area (Å²) < 4.78 is 10.4. The van der Waals surface area contributed by atoms with Crippen LogP contribution >= 0.6 is 0 Å². The minimum absolute atomic E-state index is 0.0581. The van der Waals surface area contributed by atoms with E-state index in [1.54, 1.807) is 19.1 Å². The molecule has 4 aliphatic carbocycles. The summed E-state index contributed by atoms with van der Waals surface area (Å²) in [4.78, 5) is 48.4. The van der Waals surface area contributed by atoms with Crippen molar-refractivity contribution < 1.29 is 38.9 Å². The van der Waals surface area contributed by atoms with Crippen molar-refractivity contribution in [2.75, 3.05) is 6.61 Å². The van der Waals surface area contributed by atoms with Crippen molar-refractivity contribution in [3.05, 3.63) is 23.8 Å². The Kier molecular flexibility index (Phi) is 5.69. The summed E-state index contributed by atoms with van der Waals surface area (Å²) in [5, 5.41) is 23.3. The van der Waals surface area contributed by atoms with Gasteiger partial charge in [0, 0.05) is 30.6 Å². The molecule has 0 aliphatic heterocycles. The predicted molar refractivity (Wildman–Crippen MR) is 116 cm³/mol. The molecule has 4 aliphatic rings. The van der Waals surface area contributed by atoms with Crippen LogP contribution in [0.5, 0.6) is 0 Å². The highest BCUT2D eigenvalue weighted by Crippen LogP contribution is 2.67. The molecule has 4 rings (SSSR count). The second kappa shape index (κ2) is 7.87. The first-order valence-electron chi connectivity index (χ1n) is 11.5. The second-order valence-electron chi connectivity index (χ2n) is 10.5. The van der Waals surface area contributed by atoms with Crippen LogP contribution in [0.25, 0.3) is 0 Å². The van der Waals surface area contributed by atoms with Crippen molar-refractivity contribution in [3.8, 4) is 0 Å². The van der Waals surface area contributed by atoms with Gasteiger partial charge in [0.05, 0.1) is 6.10 Å². The summed E-state index contributed by atoms with van der Waals surface area (Å²) in [6.45, 7) is 5.56. The Morgan fingerprint density at radius 1 is 1.18 bits per heavy atom. The number of ether oxygens (including phenoxy) is 2. The number of allylic oxidation sites excluding steroid dienone is 4. The van der Waals surface area contributed by atoms with Gasteiger partial charge in [0.1, 0.15) is 6.10 Å². The SMILES string of the molecule is CC(=O)OCC(=O)[C@]1(O)[C@@H](OC(C)=O)C[C@@H]2[C@H]3CCC4=CC(=O)C=C[C@]4(C)[C@@H]3[C@@H](O)C[C@]21C. The van der Waals surface area contributed by atoms with Gasteiger partial charge in [0.25, 0.3) is 0 Å². The van der Waals surface area contributed by atoms with Gasteiger partial charge < -0.3 is 19.7 Å². The van der Waals surface area contributed by atoms with Crippen LogP contribution < -0.4 is 0 Å². The van der Waals surface area contributed by atoms with E-state index in [-0.39, 0.29) is 36.4 Å². The van der Waals surface area contributed by atoms with Crippen molar-refractivity contribution >= 4 is 23.5 Å². The molecule has 2 N–H and O–H groups in total. The number of rotatable bonds is 4. The fourth-order valence-corrected chi connectivity index (χ4v) is 7.42. The van der Waals surface area contributed by atoms with Crippen LogP contribution in [0.15, 0.2) is 23.8 Å². The molecule has 8 nitrogen and oxygen atoms in total. The Hall–Kier alpha value is -2.32. The fourth-order valence-electron chi connectivity index (χ4n) is 7.42. The second-order valence-corrected chi connectivity index (χ2v) is 10.5. The Balaban J connectivity index is 1.75. The molecule has 0 radical (unpaired) electrons. The van der Waals surface area contributed by atoms with E-state index < -0.39 is 53.0 Å². The first-order valence-corrected chi connectivity index (χ1v) is 11.5. The minimum atomic E-state index is -2.10. The average molecular weight is 461 g/mol. The van der Waals surface area contributed by atoms with Crippen LogP contribution in [0.4, 0.5) is 0 Å². The first-order chi connectivity index (χ1) is 15.3. The van der Waals surface area contributed by atoms with E-state index in [2.05, 4.69) is 0 Å². The number of hydrogen-bond donors (Lipinski definition) is 2. The smallest absolute Gasteiger partial charge is 0.303 e. The van der Waals surface area contributed by atoms with Crippen LogP contribution in [-0.2, 0) is 28.7 Å². The molecule has 0 bridgehead atoms. The third-order valence-corrected chi connectivity index (χ3v) is 8.83. The first kappa shape index (κ1) is 23.8. The van der Waals surface area contributed by atoms with Crippen molar-refractivity contribution in [2.24, 2.45) is 28.6 Å². The zero-order chi connectivity index (χ0) is 24.3. The van der Waals surface area contributed by atoms with Gasteiger partial charge >= 0.3 is 11.9 Å². The highest BCUT2D eigenvalue weighted by molar-refractivity contribution is 6.01. The van der Waals surface area contributed by atoms with Crippen molar-refractivity contribution in [1.82, 2.24) is 0 Å². The third-order valence-electron chi connectivity index (χ3n) is 8.83. The number of aliphatic hydroxyl groups excluding tert-OH is 1. The summed E-state index contributed by atoms with van der Waals surface area (Å²) >= 11 is 0. The third kappa shape index (κ3) is 3.41. The van der Waals surface area contributed by atoms with E-state index in [0.29, 0.717) is 12.8 Å². The molecule has 33 heavy (non-hydrogen) atoms. The van der Waals surface area contributed by atoms with Crippen LogP contribution in [-0.4, -0.2) is 58.1 Å². The van der Waals surface area contributed by atoms with E-state index in [1.165, 1.54) is 13.8 Å². The lowest BCUT2D eigenvalue weighted by molar-refractivity contribution is -0.198. The molecule has 0 aromatic carbocycles. The van der Waals surface area contributed by atoms with Gasteiger partial charge in [-0.05, 0) is 49.7 Å². The Morgan fingerprint density at radius 3 is 2.52 bits per heavy atom. The molecular formula is C25H32O8. The number of hydrogen-bond acceptors (Lipinski definition) is 8. The van der Waals surface area contributed by atoms with Gasteiger partial charge in [-0.25, -0.2) is 0 Å². The van der Waals surface area contributed by atoms with Gasteiger partial charge in [-0.15, -0.1) is 0 Å². The number of esters is 2. The molecule has 3 fully saturated rings. The molecule has 0 aromatic heterocycles. The monoisotopic (exact) mass is 460 g/mol. The minimum Gasteiger partial charge on any atom is -0.459 e. The maximum atomic E-state index is 13.3. The largest absolute Gasteiger partial charge is 0.459 e. The van der Waals surface area contributed by atoms with Crippen molar-refractivity contribution in [1.29, 1.82) is 0 Å². The van der Waals surface area contributed by atoms with E-state index >= 15 is 0 Å². The lowest BCUT2D eigenvalue weighted by atomic mass is 9.46.